The second-order valence-electron chi connectivity index (χ2n) is 9.86. The van der Waals surface area contributed by atoms with Crippen LogP contribution in [0.2, 0.25) is 0 Å². The molecule has 1 N–H and O–H groups in total. The van der Waals surface area contributed by atoms with Crippen LogP contribution in [0.25, 0.3) is 0 Å². The topological polar surface area (TPSA) is 29.1 Å². The van der Waals surface area contributed by atoms with E-state index in [2.05, 4.69) is 110 Å². The quantitative estimate of drug-likeness (QED) is 0.487. The highest BCUT2D eigenvalue weighted by Crippen LogP contribution is 2.40. The van der Waals surface area contributed by atoms with Gasteiger partial charge in [0, 0.05) is 6.04 Å². The van der Waals surface area contributed by atoms with Gasteiger partial charge in [-0.05, 0) is 55.6 Å². The van der Waals surface area contributed by atoms with Gasteiger partial charge in [-0.3, -0.25) is 0 Å². The molecule has 2 unspecified atom stereocenters. The van der Waals surface area contributed by atoms with Gasteiger partial charge in [0.05, 0.1) is 15.7 Å². The zero-order valence-electron chi connectivity index (χ0n) is 19.4. The van der Waals surface area contributed by atoms with Gasteiger partial charge in [0.2, 0.25) is 0 Å². The van der Waals surface area contributed by atoms with Crippen molar-refractivity contribution in [2.75, 3.05) is 0 Å². The van der Waals surface area contributed by atoms with Gasteiger partial charge in [0.1, 0.15) is 0 Å². The number of hydrogen-bond donors (Lipinski definition) is 1. The van der Waals surface area contributed by atoms with Crippen LogP contribution in [0.1, 0.15) is 53.1 Å². The number of rotatable bonds is 6. The first kappa shape index (κ1) is 23.9. The van der Waals surface area contributed by atoms with Crippen molar-refractivity contribution in [3.8, 4) is 0 Å². The molecular weight excluding hydrogens is 417 g/mol. The predicted molar refractivity (Wildman–Crippen MR) is 138 cm³/mol. The third-order valence-corrected chi connectivity index (χ3v) is 9.24. The molecule has 0 aliphatic heterocycles. The lowest BCUT2D eigenvalue weighted by atomic mass is 9.83. The fourth-order valence-electron chi connectivity index (χ4n) is 3.51. The second kappa shape index (κ2) is 9.77. The van der Waals surface area contributed by atoms with Crippen LogP contribution in [0.15, 0.2) is 84.9 Å². The molecule has 0 aliphatic rings. The van der Waals surface area contributed by atoms with Crippen LogP contribution in [0.3, 0.4) is 0 Å². The molecule has 0 radical (unpaired) electrons. The van der Waals surface area contributed by atoms with Crippen molar-refractivity contribution in [2.24, 2.45) is 5.41 Å². The molecule has 0 fully saturated rings. The van der Waals surface area contributed by atoms with E-state index in [1.54, 1.807) is 0 Å². The molecule has 0 saturated heterocycles. The first-order valence-corrected chi connectivity index (χ1v) is 13.3. The van der Waals surface area contributed by atoms with Gasteiger partial charge < -0.3 is 0 Å². The minimum atomic E-state index is -1.17. The molecule has 3 aromatic rings. The van der Waals surface area contributed by atoms with Crippen molar-refractivity contribution in [3.05, 3.63) is 90.5 Å². The summed E-state index contributed by atoms with van der Waals surface area (Å²) in [4.78, 5) is 0. The summed E-state index contributed by atoms with van der Waals surface area (Å²) in [5.74, 6) is 0. The van der Waals surface area contributed by atoms with Crippen molar-refractivity contribution >= 4 is 34.8 Å². The van der Waals surface area contributed by atoms with Gasteiger partial charge in [0.15, 0.2) is 0 Å². The van der Waals surface area contributed by atoms with E-state index in [4.69, 9.17) is 0 Å². The van der Waals surface area contributed by atoms with Crippen LogP contribution < -0.4 is 20.6 Å². The highest BCUT2D eigenvalue weighted by atomic mass is 32.2. The molecule has 3 rings (SSSR count). The lowest BCUT2D eigenvalue weighted by molar-refractivity contribution is 0.308. The van der Waals surface area contributed by atoms with Crippen molar-refractivity contribution < 1.29 is 4.21 Å². The standard InChI is InChI=1S/C27H34NOPS/c1-26(2,3)25(28-31(29)27(4,5)6)23-19-13-14-20-24(23)30(21-15-9-7-10-16-21)22-17-11-8-12-18-22/h7-20,25,28H,1-6H3. The van der Waals surface area contributed by atoms with Gasteiger partial charge in [0.25, 0.3) is 0 Å². The van der Waals surface area contributed by atoms with E-state index in [1.165, 1.54) is 21.5 Å². The molecule has 3 aromatic carbocycles. The van der Waals surface area contributed by atoms with Crippen molar-refractivity contribution in [2.45, 2.75) is 52.3 Å². The molecule has 0 saturated carbocycles. The molecule has 0 heterocycles. The van der Waals surface area contributed by atoms with Crippen LogP contribution in [0, 0.1) is 5.41 Å². The van der Waals surface area contributed by atoms with E-state index in [9.17, 15) is 4.21 Å². The van der Waals surface area contributed by atoms with Gasteiger partial charge in [-0.1, -0.05) is 106 Å². The molecule has 0 amide bonds. The summed E-state index contributed by atoms with van der Waals surface area (Å²) >= 11 is 0. The molecule has 2 atom stereocenters. The highest BCUT2D eigenvalue weighted by Gasteiger charge is 2.34. The van der Waals surface area contributed by atoms with E-state index in [0.29, 0.717) is 0 Å². The summed E-state index contributed by atoms with van der Waals surface area (Å²) in [7, 11) is -1.91. The monoisotopic (exact) mass is 451 g/mol. The van der Waals surface area contributed by atoms with Crippen LogP contribution in [-0.4, -0.2) is 8.96 Å². The van der Waals surface area contributed by atoms with E-state index in [1.807, 2.05) is 20.8 Å². The average molecular weight is 452 g/mol. The Morgan fingerprint density at radius 3 is 1.61 bits per heavy atom. The third-order valence-electron chi connectivity index (χ3n) is 5.16. The fourth-order valence-corrected chi connectivity index (χ4v) is 7.05. The maximum absolute atomic E-state index is 13.1. The first-order valence-electron chi connectivity index (χ1n) is 10.8. The summed E-state index contributed by atoms with van der Waals surface area (Å²) in [6.07, 6.45) is 0. The van der Waals surface area contributed by atoms with E-state index in [0.717, 1.165) is 0 Å². The van der Waals surface area contributed by atoms with Gasteiger partial charge >= 0.3 is 0 Å². The Kier molecular flexibility index (Phi) is 7.52. The maximum Gasteiger partial charge on any atom is 0.0976 e. The minimum absolute atomic E-state index is 0.0406. The highest BCUT2D eigenvalue weighted by molar-refractivity contribution is 7.84. The lowest BCUT2D eigenvalue weighted by Gasteiger charge is -2.36. The Morgan fingerprint density at radius 2 is 1.16 bits per heavy atom. The maximum atomic E-state index is 13.1. The zero-order valence-corrected chi connectivity index (χ0v) is 21.1. The fraction of sp³-hybridized carbons (Fsp3) is 0.333. The van der Waals surface area contributed by atoms with E-state index < -0.39 is 18.9 Å². The molecule has 0 aliphatic carbocycles. The molecule has 31 heavy (non-hydrogen) atoms. The first-order chi connectivity index (χ1) is 14.6. The Labute approximate surface area is 191 Å². The van der Waals surface area contributed by atoms with Gasteiger partial charge in [-0.15, -0.1) is 0 Å². The molecule has 2 nitrogen and oxygen atoms in total. The van der Waals surface area contributed by atoms with E-state index >= 15 is 0 Å². The average Bonchev–Trinajstić information content (AvgIpc) is 2.73. The van der Waals surface area contributed by atoms with Crippen LogP contribution in [0.4, 0.5) is 0 Å². The van der Waals surface area contributed by atoms with Crippen molar-refractivity contribution in [1.29, 1.82) is 0 Å². The number of benzene rings is 3. The Balaban J connectivity index is 2.18. The predicted octanol–water partition coefficient (Wildman–Crippen LogP) is 5.58. The molecule has 0 aromatic heterocycles. The second-order valence-corrected chi connectivity index (χ2v) is 14.0. The minimum Gasteiger partial charge on any atom is -0.242 e. The largest absolute Gasteiger partial charge is 0.242 e. The number of nitrogens with one attached hydrogen (secondary N) is 1. The smallest absolute Gasteiger partial charge is 0.0976 e. The van der Waals surface area contributed by atoms with Crippen LogP contribution in [-0.2, 0) is 11.0 Å². The molecule has 164 valence electrons. The molecule has 0 spiro atoms. The third kappa shape index (κ3) is 5.92. The SMILES string of the molecule is CC(C)(C)C(NS(=O)C(C)(C)C)c1ccccc1P(c1ccccc1)c1ccccc1. The van der Waals surface area contributed by atoms with Gasteiger partial charge in [-0.25, -0.2) is 8.93 Å². The van der Waals surface area contributed by atoms with E-state index in [-0.39, 0.29) is 16.2 Å². The van der Waals surface area contributed by atoms with Crippen molar-refractivity contribution in [1.82, 2.24) is 4.72 Å². The summed E-state index contributed by atoms with van der Waals surface area (Å²) in [6, 6.07) is 30.1. The summed E-state index contributed by atoms with van der Waals surface area (Å²) < 4.78 is 16.3. The molecular formula is C27H34NOPS. The van der Waals surface area contributed by atoms with Gasteiger partial charge in [-0.2, -0.15) is 0 Å². The number of hydrogen-bond acceptors (Lipinski definition) is 1. The zero-order chi connectivity index (χ0) is 22.6. The lowest BCUT2D eigenvalue weighted by Crippen LogP contribution is -2.42. The van der Waals surface area contributed by atoms with Crippen LogP contribution >= 0.6 is 7.92 Å². The van der Waals surface area contributed by atoms with Crippen LogP contribution in [0.5, 0.6) is 0 Å². The van der Waals surface area contributed by atoms with Crippen molar-refractivity contribution in [3.63, 3.8) is 0 Å². The molecule has 0 bridgehead atoms. The Bertz CT molecular complexity index is 967. The summed E-state index contributed by atoms with van der Waals surface area (Å²) in [5, 5.41) is 3.95. The summed E-state index contributed by atoms with van der Waals surface area (Å²) in [6.45, 7) is 12.7. The molecule has 4 heteroatoms. The normalized spacial score (nSPS) is 14.4. The summed E-state index contributed by atoms with van der Waals surface area (Å²) in [5.41, 5.74) is 1.12. The Hall–Kier alpha value is -1.80. The Morgan fingerprint density at radius 1 is 0.710 bits per heavy atom.